The molecule has 0 aliphatic heterocycles. The fraction of sp³-hybridized carbons (Fsp3) is 0.571. The molecule has 2 rings (SSSR count). The number of benzene rings is 1. The standard InChI is InChI=1S/C14H21N3O3/c1-3-20-14-9-11(8-13(10-14)17(18)19)15-6-7-16(2)12-4-5-12/h8-10,12,15H,3-7H2,1-2H3. The summed E-state index contributed by atoms with van der Waals surface area (Å²) in [6.07, 6.45) is 2.56. The number of nitro groups is 1. The van der Waals surface area contributed by atoms with Gasteiger partial charge >= 0.3 is 0 Å². The topological polar surface area (TPSA) is 67.6 Å². The van der Waals surface area contributed by atoms with E-state index in [0.717, 1.165) is 24.8 Å². The van der Waals surface area contributed by atoms with E-state index in [9.17, 15) is 10.1 Å². The fourth-order valence-electron chi connectivity index (χ4n) is 2.12. The summed E-state index contributed by atoms with van der Waals surface area (Å²) in [5.74, 6) is 0.528. The molecular weight excluding hydrogens is 258 g/mol. The van der Waals surface area contributed by atoms with E-state index in [1.165, 1.54) is 18.9 Å². The lowest BCUT2D eigenvalue weighted by atomic mass is 10.2. The average Bonchev–Trinajstić information content (AvgIpc) is 3.23. The first kappa shape index (κ1) is 14.6. The molecule has 1 aromatic carbocycles. The third kappa shape index (κ3) is 4.09. The van der Waals surface area contributed by atoms with Gasteiger partial charge in [0.05, 0.1) is 17.6 Å². The number of non-ortho nitro benzene ring substituents is 1. The van der Waals surface area contributed by atoms with Crippen LogP contribution in [0.2, 0.25) is 0 Å². The summed E-state index contributed by atoms with van der Waals surface area (Å²) in [6, 6.07) is 5.51. The molecule has 0 spiro atoms. The quantitative estimate of drug-likeness (QED) is 0.585. The highest BCUT2D eigenvalue weighted by atomic mass is 16.6. The van der Waals surface area contributed by atoms with Crippen molar-refractivity contribution in [2.24, 2.45) is 0 Å². The van der Waals surface area contributed by atoms with Gasteiger partial charge in [0.1, 0.15) is 5.75 Å². The number of ether oxygens (including phenoxy) is 1. The van der Waals surface area contributed by atoms with Gasteiger partial charge in [-0.3, -0.25) is 10.1 Å². The van der Waals surface area contributed by atoms with Crippen molar-refractivity contribution >= 4 is 11.4 Å². The van der Waals surface area contributed by atoms with Gasteiger partial charge in [0.25, 0.3) is 5.69 Å². The number of nitro benzene ring substituents is 1. The van der Waals surface area contributed by atoms with Crippen molar-refractivity contribution < 1.29 is 9.66 Å². The predicted octanol–water partition coefficient (Wildman–Crippen LogP) is 2.50. The van der Waals surface area contributed by atoms with E-state index in [1.54, 1.807) is 12.1 Å². The van der Waals surface area contributed by atoms with Crippen molar-refractivity contribution in [2.45, 2.75) is 25.8 Å². The van der Waals surface area contributed by atoms with Gasteiger partial charge in [-0.2, -0.15) is 0 Å². The molecule has 1 fully saturated rings. The molecule has 6 nitrogen and oxygen atoms in total. The van der Waals surface area contributed by atoms with Crippen molar-refractivity contribution in [1.82, 2.24) is 4.90 Å². The smallest absolute Gasteiger partial charge is 0.275 e. The van der Waals surface area contributed by atoms with E-state index >= 15 is 0 Å². The Labute approximate surface area is 118 Å². The molecule has 0 aromatic heterocycles. The van der Waals surface area contributed by atoms with E-state index < -0.39 is 4.92 Å². The molecule has 110 valence electrons. The summed E-state index contributed by atoms with van der Waals surface area (Å²) in [7, 11) is 2.11. The maximum atomic E-state index is 10.9. The van der Waals surface area contributed by atoms with Crippen molar-refractivity contribution in [3.63, 3.8) is 0 Å². The molecule has 1 aliphatic carbocycles. The van der Waals surface area contributed by atoms with Gasteiger partial charge < -0.3 is 15.0 Å². The van der Waals surface area contributed by atoms with Crippen LogP contribution in [0.15, 0.2) is 18.2 Å². The Morgan fingerprint density at radius 1 is 1.45 bits per heavy atom. The van der Waals surface area contributed by atoms with Crippen LogP contribution in [0.3, 0.4) is 0 Å². The second-order valence-electron chi connectivity index (χ2n) is 5.04. The molecule has 0 unspecified atom stereocenters. The molecule has 1 aromatic rings. The van der Waals surface area contributed by atoms with Gasteiger partial charge in [-0.25, -0.2) is 0 Å². The van der Waals surface area contributed by atoms with Crippen LogP contribution in [-0.2, 0) is 0 Å². The average molecular weight is 279 g/mol. The Hall–Kier alpha value is -1.82. The summed E-state index contributed by atoms with van der Waals surface area (Å²) < 4.78 is 5.36. The summed E-state index contributed by atoms with van der Waals surface area (Å²) in [5.41, 5.74) is 0.779. The van der Waals surface area contributed by atoms with E-state index in [4.69, 9.17) is 4.74 Å². The number of likely N-dealkylation sites (N-methyl/N-ethyl adjacent to an activating group) is 1. The molecule has 0 saturated heterocycles. The summed E-state index contributed by atoms with van der Waals surface area (Å²) in [6.45, 7) is 4.04. The lowest BCUT2D eigenvalue weighted by Crippen LogP contribution is -2.27. The van der Waals surface area contributed by atoms with Crippen LogP contribution in [-0.4, -0.2) is 42.6 Å². The molecule has 0 bridgehead atoms. The molecule has 0 amide bonds. The number of hydrogen-bond donors (Lipinski definition) is 1. The molecule has 0 heterocycles. The van der Waals surface area contributed by atoms with Crippen LogP contribution in [0.1, 0.15) is 19.8 Å². The van der Waals surface area contributed by atoms with Crippen LogP contribution in [0.25, 0.3) is 0 Å². The Kier molecular flexibility index (Phi) is 4.79. The third-order valence-electron chi connectivity index (χ3n) is 3.38. The molecule has 1 aliphatic rings. The highest BCUT2D eigenvalue weighted by Gasteiger charge is 2.25. The molecule has 1 saturated carbocycles. The molecule has 6 heteroatoms. The van der Waals surface area contributed by atoms with Crippen molar-refractivity contribution in [3.8, 4) is 5.75 Å². The SMILES string of the molecule is CCOc1cc(NCCN(C)C2CC2)cc([N+](=O)[O-])c1. The number of nitrogens with zero attached hydrogens (tertiary/aromatic N) is 2. The van der Waals surface area contributed by atoms with E-state index in [0.29, 0.717) is 12.4 Å². The first-order chi connectivity index (χ1) is 9.60. The molecule has 1 N–H and O–H groups in total. The number of nitrogens with one attached hydrogen (secondary N) is 1. The zero-order valence-electron chi connectivity index (χ0n) is 12.0. The first-order valence-corrected chi connectivity index (χ1v) is 6.96. The maximum Gasteiger partial charge on any atom is 0.275 e. The highest BCUT2D eigenvalue weighted by Crippen LogP contribution is 2.27. The zero-order chi connectivity index (χ0) is 14.5. The lowest BCUT2D eigenvalue weighted by Gasteiger charge is -2.16. The second-order valence-corrected chi connectivity index (χ2v) is 5.04. The summed E-state index contributed by atoms with van der Waals surface area (Å²) >= 11 is 0. The minimum absolute atomic E-state index is 0.0500. The van der Waals surface area contributed by atoms with E-state index in [2.05, 4.69) is 17.3 Å². The lowest BCUT2D eigenvalue weighted by molar-refractivity contribution is -0.384. The van der Waals surface area contributed by atoms with Crippen molar-refractivity contribution in [2.75, 3.05) is 32.1 Å². The maximum absolute atomic E-state index is 10.9. The van der Waals surface area contributed by atoms with Crippen LogP contribution in [0.4, 0.5) is 11.4 Å². The van der Waals surface area contributed by atoms with Gasteiger partial charge in [0, 0.05) is 37.0 Å². The Morgan fingerprint density at radius 2 is 2.20 bits per heavy atom. The molecule has 20 heavy (non-hydrogen) atoms. The van der Waals surface area contributed by atoms with Crippen LogP contribution >= 0.6 is 0 Å². The number of rotatable bonds is 8. The van der Waals surface area contributed by atoms with Gasteiger partial charge in [0.15, 0.2) is 0 Å². The van der Waals surface area contributed by atoms with Crippen molar-refractivity contribution in [3.05, 3.63) is 28.3 Å². The predicted molar refractivity (Wildman–Crippen MR) is 78.4 cm³/mol. The number of hydrogen-bond acceptors (Lipinski definition) is 5. The summed E-state index contributed by atoms with van der Waals surface area (Å²) in [5, 5.41) is 14.1. The fourth-order valence-corrected chi connectivity index (χ4v) is 2.12. The summed E-state index contributed by atoms with van der Waals surface area (Å²) in [4.78, 5) is 12.8. The largest absolute Gasteiger partial charge is 0.494 e. The normalized spacial score (nSPS) is 14.3. The minimum Gasteiger partial charge on any atom is -0.494 e. The Balaban J connectivity index is 1.95. The zero-order valence-corrected chi connectivity index (χ0v) is 12.0. The van der Waals surface area contributed by atoms with Gasteiger partial charge in [-0.05, 0) is 26.8 Å². The van der Waals surface area contributed by atoms with E-state index in [1.807, 2.05) is 6.92 Å². The number of anilines is 1. The molecule has 0 radical (unpaired) electrons. The highest BCUT2D eigenvalue weighted by molar-refractivity contribution is 5.56. The molecule has 0 atom stereocenters. The van der Waals surface area contributed by atoms with E-state index in [-0.39, 0.29) is 5.69 Å². The van der Waals surface area contributed by atoms with Gasteiger partial charge in [-0.15, -0.1) is 0 Å². The second kappa shape index (κ2) is 6.56. The first-order valence-electron chi connectivity index (χ1n) is 6.96. The third-order valence-corrected chi connectivity index (χ3v) is 3.38. The minimum atomic E-state index is -0.399. The van der Waals surface area contributed by atoms with Gasteiger partial charge in [-0.1, -0.05) is 0 Å². The van der Waals surface area contributed by atoms with Crippen molar-refractivity contribution in [1.29, 1.82) is 0 Å². The Bertz CT molecular complexity index is 475. The van der Waals surface area contributed by atoms with Crippen LogP contribution in [0.5, 0.6) is 5.75 Å². The van der Waals surface area contributed by atoms with Gasteiger partial charge in [0.2, 0.25) is 0 Å². The molecular formula is C14H21N3O3. The Morgan fingerprint density at radius 3 is 2.80 bits per heavy atom. The van der Waals surface area contributed by atoms with Crippen LogP contribution < -0.4 is 10.1 Å². The van der Waals surface area contributed by atoms with Crippen LogP contribution in [0, 0.1) is 10.1 Å². The monoisotopic (exact) mass is 279 g/mol.